The van der Waals surface area contributed by atoms with Crippen LogP contribution in [0.15, 0.2) is 16.7 Å². The van der Waals surface area contributed by atoms with Crippen molar-refractivity contribution in [3.8, 4) is 11.4 Å². The molecule has 0 aliphatic heterocycles. The zero-order valence-corrected chi connectivity index (χ0v) is 13.0. The molecule has 0 amide bonds. The van der Waals surface area contributed by atoms with E-state index in [1.807, 2.05) is 31.4 Å². The Morgan fingerprint density at radius 3 is 2.86 bits per heavy atom. The highest BCUT2D eigenvalue weighted by molar-refractivity contribution is 7.19. The Labute approximate surface area is 127 Å². The fourth-order valence-electron chi connectivity index (χ4n) is 3.08. The molecular weight excluding hydrogens is 282 g/mol. The molecule has 0 saturated heterocycles. The van der Waals surface area contributed by atoms with Crippen LogP contribution in [-0.2, 0) is 12.8 Å². The lowest BCUT2D eigenvalue weighted by molar-refractivity contribution is 0.535. The summed E-state index contributed by atoms with van der Waals surface area (Å²) in [6, 6.07) is 1.93. The lowest BCUT2D eigenvalue weighted by Crippen LogP contribution is -2.02. The highest BCUT2D eigenvalue weighted by atomic mass is 32.1. The molecule has 21 heavy (non-hydrogen) atoms. The van der Waals surface area contributed by atoms with Crippen LogP contribution in [0.2, 0.25) is 0 Å². The van der Waals surface area contributed by atoms with Crippen LogP contribution in [0.25, 0.3) is 21.6 Å². The van der Waals surface area contributed by atoms with Crippen LogP contribution in [-0.4, -0.2) is 17.0 Å². The Morgan fingerprint density at radius 2 is 2.10 bits per heavy atom. The SMILES string of the molecule is CNc1nc(-c2ccoc2C)nc2sc3c(c12)CCCC3. The molecule has 4 rings (SSSR count). The van der Waals surface area contributed by atoms with Gasteiger partial charge in [0.15, 0.2) is 5.82 Å². The van der Waals surface area contributed by atoms with Gasteiger partial charge in [-0.05, 0) is 44.2 Å². The van der Waals surface area contributed by atoms with Gasteiger partial charge in [-0.15, -0.1) is 11.3 Å². The van der Waals surface area contributed by atoms with E-state index < -0.39 is 0 Å². The van der Waals surface area contributed by atoms with E-state index in [0.717, 1.165) is 34.2 Å². The van der Waals surface area contributed by atoms with Crippen molar-refractivity contribution in [1.82, 2.24) is 9.97 Å². The van der Waals surface area contributed by atoms with Crippen molar-refractivity contribution in [2.75, 3.05) is 12.4 Å². The van der Waals surface area contributed by atoms with Crippen LogP contribution in [0.3, 0.4) is 0 Å². The predicted molar refractivity (Wildman–Crippen MR) is 86.0 cm³/mol. The van der Waals surface area contributed by atoms with E-state index in [1.54, 1.807) is 6.26 Å². The van der Waals surface area contributed by atoms with E-state index in [-0.39, 0.29) is 0 Å². The molecule has 0 atom stereocenters. The quantitative estimate of drug-likeness (QED) is 0.771. The average molecular weight is 299 g/mol. The predicted octanol–water partition coefficient (Wildman–Crippen LogP) is 4.18. The molecule has 0 aromatic carbocycles. The summed E-state index contributed by atoms with van der Waals surface area (Å²) in [5.74, 6) is 2.55. The zero-order valence-electron chi connectivity index (χ0n) is 12.2. The first kappa shape index (κ1) is 12.8. The summed E-state index contributed by atoms with van der Waals surface area (Å²) >= 11 is 1.82. The molecule has 3 aromatic heterocycles. The van der Waals surface area contributed by atoms with Crippen LogP contribution in [0.4, 0.5) is 5.82 Å². The number of thiophene rings is 1. The number of nitrogens with zero attached hydrogens (tertiary/aromatic N) is 2. The standard InChI is InChI=1S/C16H17N3OS/c1-9-10(7-8-20-9)14-18-15(17-2)13-11-5-3-4-6-12(11)21-16(13)19-14/h7-8H,3-6H2,1-2H3,(H,17,18,19). The molecular formula is C16H17N3OS. The van der Waals surface area contributed by atoms with Crippen molar-refractivity contribution in [2.24, 2.45) is 0 Å². The molecule has 4 nitrogen and oxygen atoms in total. The Hall–Kier alpha value is -1.88. The van der Waals surface area contributed by atoms with Crippen molar-refractivity contribution < 1.29 is 4.42 Å². The first-order valence-corrected chi connectivity index (χ1v) is 8.14. The van der Waals surface area contributed by atoms with Gasteiger partial charge in [0.25, 0.3) is 0 Å². The van der Waals surface area contributed by atoms with Gasteiger partial charge in [-0.2, -0.15) is 0 Å². The highest BCUT2D eigenvalue weighted by Gasteiger charge is 2.21. The van der Waals surface area contributed by atoms with Crippen LogP contribution in [0.5, 0.6) is 0 Å². The van der Waals surface area contributed by atoms with E-state index >= 15 is 0 Å². The molecule has 0 fully saturated rings. The smallest absolute Gasteiger partial charge is 0.166 e. The third kappa shape index (κ3) is 1.95. The van der Waals surface area contributed by atoms with Gasteiger partial charge in [0.2, 0.25) is 0 Å². The topological polar surface area (TPSA) is 51.0 Å². The van der Waals surface area contributed by atoms with Crippen LogP contribution in [0, 0.1) is 6.92 Å². The molecule has 1 aliphatic rings. The molecule has 3 heterocycles. The maximum absolute atomic E-state index is 5.39. The lowest BCUT2D eigenvalue weighted by Gasteiger charge is -2.11. The summed E-state index contributed by atoms with van der Waals surface area (Å²) in [7, 11) is 1.93. The third-order valence-electron chi connectivity index (χ3n) is 4.15. The molecule has 0 radical (unpaired) electrons. The van der Waals surface area contributed by atoms with Gasteiger partial charge in [0.1, 0.15) is 16.4 Å². The lowest BCUT2D eigenvalue weighted by atomic mass is 9.97. The molecule has 108 valence electrons. The van der Waals surface area contributed by atoms with E-state index in [9.17, 15) is 0 Å². The number of hydrogen-bond donors (Lipinski definition) is 1. The zero-order chi connectivity index (χ0) is 14.4. The summed E-state index contributed by atoms with van der Waals surface area (Å²) < 4.78 is 5.39. The van der Waals surface area contributed by atoms with Gasteiger partial charge in [0.05, 0.1) is 17.2 Å². The van der Waals surface area contributed by atoms with Gasteiger partial charge in [0, 0.05) is 11.9 Å². The number of nitrogens with one attached hydrogen (secondary N) is 1. The number of hydrogen-bond acceptors (Lipinski definition) is 5. The maximum atomic E-state index is 5.39. The van der Waals surface area contributed by atoms with Gasteiger partial charge < -0.3 is 9.73 Å². The summed E-state index contributed by atoms with van der Waals surface area (Å²) in [6.07, 6.45) is 6.58. The monoisotopic (exact) mass is 299 g/mol. The van der Waals surface area contributed by atoms with Gasteiger partial charge in [-0.3, -0.25) is 0 Å². The second kappa shape index (κ2) is 4.84. The van der Waals surface area contributed by atoms with Crippen LogP contribution in [0.1, 0.15) is 29.0 Å². The minimum absolute atomic E-state index is 0.747. The van der Waals surface area contributed by atoms with E-state index in [1.165, 1.54) is 35.1 Å². The van der Waals surface area contributed by atoms with Crippen molar-refractivity contribution in [3.05, 3.63) is 28.5 Å². The van der Waals surface area contributed by atoms with E-state index in [2.05, 4.69) is 5.32 Å². The number of fused-ring (bicyclic) bond motifs is 3. The minimum Gasteiger partial charge on any atom is -0.469 e. The Bertz CT molecular complexity index is 818. The van der Waals surface area contributed by atoms with E-state index in [4.69, 9.17) is 14.4 Å². The molecule has 0 saturated carbocycles. The third-order valence-corrected chi connectivity index (χ3v) is 5.34. The van der Waals surface area contributed by atoms with Crippen molar-refractivity contribution >= 4 is 27.4 Å². The number of anilines is 1. The van der Waals surface area contributed by atoms with E-state index in [0.29, 0.717) is 0 Å². The number of aromatic nitrogens is 2. The molecule has 1 aliphatic carbocycles. The van der Waals surface area contributed by atoms with Gasteiger partial charge in [-0.25, -0.2) is 9.97 Å². The molecule has 3 aromatic rings. The first-order chi connectivity index (χ1) is 10.3. The number of aryl methyl sites for hydroxylation is 3. The van der Waals surface area contributed by atoms with Crippen molar-refractivity contribution in [3.63, 3.8) is 0 Å². The highest BCUT2D eigenvalue weighted by Crippen LogP contribution is 2.39. The Balaban J connectivity index is 1.98. The maximum Gasteiger partial charge on any atom is 0.166 e. The summed E-state index contributed by atoms with van der Waals surface area (Å²) in [5, 5.41) is 4.48. The molecule has 1 N–H and O–H groups in total. The van der Waals surface area contributed by atoms with Gasteiger partial charge in [-0.1, -0.05) is 0 Å². The summed E-state index contributed by atoms with van der Waals surface area (Å²) in [4.78, 5) is 12.1. The molecule has 0 bridgehead atoms. The first-order valence-electron chi connectivity index (χ1n) is 7.32. The van der Waals surface area contributed by atoms with Gasteiger partial charge >= 0.3 is 0 Å². The second-order valence-corrected chi connectivity index (χ2v) is 6.51. The normalized spacial score (nSPS) is 14.4. The second-order valence-electron chi connectivity index (χ2n) is 5.43. The Morgan fingerprint density at radius 1 is 1.24 bits per heavy atom. The summed E-state index contributed by atoms with van der Waals surface area (Å²) in [6.45, 7) is 1.95. The molecule has 0 spiro atoms. The fourth-order valence-corrected chi connectivity index (χ4v) is 4.34. The summed E-state index contributed by atoms with van der Waals surface area (Å²) in [5.41, 5.74) is 2.43. The largest absolute Gasteiger partial charge is 0.469 e. The molecule has 0 unspecified atom stereocenters. The fraction of sp³-hybridized carbons (Fsp3) is 0.375. The van der Waals surface area contributed by atoms with Crippen molar-refractivity contribution in [1.29, 1.82) is 0 Å². The minimum atomic E-state index is 0.747. The molecule has 5 heteroatoms. The Kier molecular flexibility index (Phi) is 2.96. The van der Waals surface area contributed by atoms with Crippen molar-refractivity contribution in [2.45, 2.75) is 32.6 Å². The number of furan rings is 1. The average Bonchev–Trinajstić information content (AvgIpc) is 3.09. The van der Waals surface area contributed by atoms with Crippen LogP contribution >= 0.6 is 11.3 Å². The number of rotatable bonds is 2. The van der Waals surface area contributed by atoms with Crippen LogP contribution < -0.4 is 5.32 Å².